The van der Waals surface area contributed by atoms with Crippen molar-refractivity contribution in [2.24, 2.45) is 5.73 Å². The number of nitrogens with one attached hydrogen (secondary N) is 1. The van der Waals surface area contributed by atoms with Crippen LogP contribution in [0.3, 0.4) is 0 Å². The van der Waals surface area contributed by atoms with Crippen LogP contribution >= 0.6 is 7.82 Å². The van der Waals surface area contributed by atoms with Crippen LogP contribution in [0.15, 0.2) is 0 Å². The van der Waals surface area contributed by atoms with E-state index in [2.05, 4.69) is 19.2 Å². The molecule has 9 heteroatoms. The summed E-state index contributed by atoms with van der Waals surface area (Å²) in [4.78, 5) is 22.9. The molecular weight excluding hydrogens is 756 g/mol. The Labute approximate surface area is 367 Å². The van der Waals surface area contributed by atoms with Gasteiger partial charge in [0.2, 0.25) is 5.91 Å². The molecule has 0 saturated heterocycles. The molecule has 0 saturated carbocycles. The zero-order chi connectivity index (χ0) is 43.2. The number of carbonyl (C=O) groups is 1. The average Bonchev–Trinajstić information content (AvgIpc) is 3.22. The summed E-state index contributed by atoms with van der Waals surface area (Å²) < 4.78 is 22.3. The second-order valence-corrected chi connectivity index (χ2v) is 19.6. The first-order valence-electron chi connectivity index (χ1n) is 26.2. The van der Waals surface area contributed by atoms with Gasteiger partial charge in [0.1, 0.15) is 0 Å². The van der Waals surface area contributed by atoms with Crippen molar-refractivity contribution in [3.63, 3.8) is 0 Å². The fraction of sp³-hybridized carbons (Fsp3) is 0.980. The molecule has 0 radical (unpaired) electrons. The highest BCUT2D eigenvalue weighted by Crippen LogP contribution is 2.43. The van der Waals surface area contributed by atoms with E-state index in [-0.39, 0.29) is 25.7 Å². The first kappa shape index (κ1) is 58.5. The van der Waals surface area contributed by atoms with E-state index < -0.39 is 20.0 Å². The van der Waals surface area contributed by atoms with Gasteiger partial charge in [-0.15, -0.1) is 0 Å². The van der Waals surface area contributed by atoms with Gasteiger partial charge in [0.25, 0.3) is 0 Å². The maximum absolute atomic E-state index is 12.8. The van der Waals surface area contributed by atoms with Crippen molar-refractivity contribution in [3.8, 4) is 0 Å². The van der Waals surface area contributed by atoms with Gasteiger partial charge in [-0.2, -0.15) is 0 Å². The van der Waals surface area contributed by atoms with E-state index in [0.29, 0.717) is 12.8 Å². The van der Waals surface area contributed by atoms with Gasteiger partial charge in [-0.3, -0.25) is 13.8 Å². The summed E-state index contributed by atoms with van der Waals surface area (Å²) in [5.74, 6) is -0.153. The molecule has 0 aromatic heterocycles. The SMILES string of the molecule is CCCCCCCCCCCCCCCCCCCCCCCC(=O)NC(COP(=O)(O)OCCN)C(O)CCCCCCCCCCCCCCCCCCCCC. The molecule has 3 atom stereocenters. The third-order valence-electron chi connectivity index (χ3n) is 12.2. The number of aliphatic hydroxyl groups is 1. The molecule has 0 aliphatic rings. The molecule has 59 heavy (non-hydrogen) atoms. The number of phosphoric ester groups is 1. The van der Waals surface area contributed by atoms with E-state index in [1.54, 1.807) is 0 Å². The van der Waals surface area contributed by atoms with E-state index >= 15 is 0 Å². The normalized spacial score (nSPS) is 13.8. The summed E-state index contributed by atoms with van der Waals surface area (Å²) in [6.07, 6.45) is 52.7. The van der Waals surface area contributed by atoms with Crippen LogP contribution in [0, 0.1) is 0 Å². The van der Waals surface area contributed by atoms with Gasteiger partial charge >= 0.3 is 7.82 Å². The Morgan fingerprint density at radius 3 is 1.08 bits per heavy atom. The predicted octanol–water partition coefficient (Wildman–Crippen LogP) is 15.3. The van der Waals surface area contributed by atoms with Crippen LogP contribution in [0.5, 0.6) is 0 Å². The van der Waals surface area contributed by atoms with E-state index in [0.717, 1.165) is 38.5 Å². The molecular formula is C50H103N2O6P. The summed E-state index contributed by atoms with van der Waals surface area (Å²) in [7, 11) is -4.32. The molecule has 0 bridgehead atoms. The molecule has 0 heterocycles. The number of hydrogen-bond acceptors (Lipinski definition) is 6. The quantitative estimate of drug-likeness (QED) is 0.0354. The highest BCUT2D eigenvalue weighted by Gasteiger charge is 2.27. The van der Waals surface area contributed by atoms with Crippen molar-refractivity contribution >= 4 is 13.7 Å². The largest absolute Gasteiger partial charge is 0.472 e. The second kappa shape index (κ2) is 47.0. The first-order valence-corrected chi connectivity index (χ1v) is 27.6. The zero-order valence-corrected chi connectivity index (χ0v) is 40.4. The van der Waals surface area contributed by atoms with Gasteiger partial charge in [-0.1, -0.05) is 264 Å². The van der Waals surface area contributed by atoms with Gasteiger partial charge in [0.15, 0.2) is 0 Å². The number of aliphatic hydroxyl groups excluding tert-OH is 1. The number of phosphoric acid groups is 1. The van der Waals surface area contributed by atoms with E-state index in [1.165, 1.54) is 218 Å². The van der Waals surface area contributed by atoms with Crippen molar-refractivity contribution in [1.82, 2.24) is 5.32 Å². The predicted molar refractivity (Wildman–Crippen MR) is 254 cm³/mol. The maximum Gasteiger partial charge on any atom is 0.472 e. The number of nitrogens with two attached hydrogens (primary N) is 1. The molecule has 5 N–H and O–H groups in total. The topological polar surface area (TPSA) is 131 Å². The fourth-order valence-electron chi connectivity index (χ4n) is 8.26. The third kappa shape index (κ3) is 45.3. The number of hydrogen-bond donors (Lipinski definition) is 4. The molecule has 0 aromatic rings. The van der Waals surface area contributed by atoms with Gasteiger partial charge in [0.05, 0.1) is 25.4 Å². The van der Waals surface area contributed by atoms with Gasteiger partial charge in [0, 0.05) is 13.0 Å². The minimum Gasteiger partial charge on any atom is -0.391 e. The Morgan fingerprint density at radius 1 is 0.492 bits per heavy atom. The van der Waals surface area contributed by atoms with Gasteiger partial charge in [-0.25, -0.2) is 4.57 Å². The second-order valence-electron chi connectivity index (χ2n) is 18.1. The van der Waals surface area contributed by atoms with Crippen molar-refractivity contribution in [1.29, 1.82) is 0 Å². The average molecular weight is 859 g/mol. The Kier molecular flexibility index (Phi) is 46.6. The maximum atomic E-state index is 12.8. The van der Waals surface area contributed by atoms with Crippen LogP contribution in [-0.4, -0.2) is 47.8 Å². The highest BCUT2D eigenvalue weighted by atomic mass is 31.2. The lowest BCUT2D eigenvalue weighted by Gasteiger charge is -2.25. The monoisotopic (exact) mass is 859 g/mol. The molecule has 0 fully saturated rings. The lowest BCUT2D eigenvalue weighted by Crippen LogP contribution is -2.46. The van der Waals surface area contributed by atoms with Crippen molar-refractivity contribution in [2.75, 3.05) is 19.8 Å². The Morgan fingerprint density at radius 2 is 0.780 bits per heavy atom. The zero-order valence-electron chi connectivity index (χ0n) is 39.5. The lowest BCUT2D eigenvalue weighted by atomic mass is 10.0. The number of amides is 1. The summed E-state index contributed by atoms with van der Waals surface area (Å²) in [6.45, 7) is 4.27. The van der Waals surface area contributed by atoms with Gasteiger partial charge in [-0.05, 0) is 12.8 Å². The molecule has 0 aliphatic carbocycles. The number of rotatable bonds is 50. The fourth-order valence-corrected chi connectivity index (χ4v) is 9.02. The Balaban J connectivity index is 3.99. The minimum atomic E-state index is -4.32. The van der Waals surface area contributed by atoms with E-state index in [1.807, 2.05) is 0 Å². The molecule has 1 amide bonds. The summed E-state index contributed by atoms with van der Waals surface area (Å²) in [5.41, 5.74) is 5.40. The van der Waals surface area contributed by atoms with Crippen LogP contribution in [0.2, 0.25) is 0 Å². The summed E-state index contributed by atoms with van der Waals surface area (Å²) in [6, 6.07) is -0.769. The molecule has 0 rings (SSSR count). The summed E-state index contributed by atoms with van der Waals surface area (Å²) in [5, 5.41) is 13.9. The third-order valence-corrected chi connectivity index (χ3v) is 13.2. The Bertz CT molecular complexity index is 895. The minimum absolute atomic E-state index is 0.0929. The standard InChI is InChI=1S/C50H103N2O6P/c1-3-5-7-9-11-13-15-17-19-21-23-24-26-28-30-32-34-36-38-40-42-44-50(54)52-48(47-58-59(55,56)57-46-45-51)49(53)43-41-39-37-35-33-31-29-27-25-22-20-18-16-14-12-10-8-6-4-2/h48-49,53H,3-47,51H2,1-2H3,(H,52,54)(H,55,56). The van der Waals surface area contributed by atoms with Crippen molar-refractivity contribution in [2.45, 2.75) is 296 Å². The van der Waals surface area contributed by atoms with Crippen LogP contribution in [0.25, 0.3) is 0 Å². The van der Waals surface area contributed by atoms with Crippen LogP contribution < -0.4 is 11.1 Å². The smallest absolute Gasteiger partial charge is 0.391 e. The van der Waals surface area contributed by atoms with E-state index in [9.17, 15) is 19.4 Å². The van der Waals surface area contributed by atoms with Crippen molar-refractivity contribution in [3.05, 3.63) is 0 Å². The highest BCUT2D eigenvalue weighted by molar-refractivity contribution is 7.47. The van der Waals surface area contributed by atoms with Crippen LogP contribution in [-0.2, 0) is 18.4 Å². The van der Waals surface area contributed by atoms with E-state index in [4.69, 9.17) is 14.8 Å². The molecule has 3 unspecified atom stereocenters. The lowest BCUT2D eigenvalue weighted by molar-refractivity contribution is -0.123. The van der Waals surface area contributed by atoms with Crippen molar-refractivity contribution < 1.29 is 28.4 Å². The molecule has 354 valence electrons. The van der Waals surface area contributed by atoms with Crippen LogP contribution in [0.4, 0.5) is 0 Å². The summed E-state index contributed by atoms with van der Waals surface area (Å²) >= 11 is 0. The number of unbranched alkanes of at least 4 members (excludes halogenated alkanes) is 38. The van der Waals surface area contributed by atoms with Gasteiger partial charge < -0.3 is 21.1 Å². The van der Waals surface area contributed by atoms with Crippen LogP contribution in [0.1, 0.15) is 284 Å². The first-order chi connectivity index (χ1) is 28.9. The molecule has 8 nitrogen and oxygen atoms in total. The molecule has 0 aliphatic heterocycles. The number of carbonyl (C=O) groups excluding carboxylic acids is 1. The molecule has 0 spiro atoms. The Hall–Kier alpha value is -0.500. The molecule has 0 aromatic carbocycles.